The zero-order valence-corrected chi connectivity index (χ0v) is 15.1. The smallest absolute Gasteiger partial charge is 0.289 e. The van der Waals surface area contributed by atoms with Crippen LogP contribution in [-0.2, 0) is 4.79 Å². The molecule has 7 nitrogen and oxygen atoms in total. The lowest BCUT2D eigenvalue weighted by atomic mass is 10.2. The van der Waals surface area contributed by atoms with Gasteiger partial charge in [0.1, 0.15) is 10.8 Å². The molecule has 0 atom stereocenters. The van der Waals surface area contributed by atoms with Gasteiger partial charge in [0.25, 0.3) is 5.69 Å². The van der Waals surface area contributed by atoms with E-state index in [1.165, 1.54) is 31.4 Å². The van der Waals surface area contributed by atoms with Crippen molar-refractivity contribution in [1.82, 2.24) is 5.32 Å². The van der Waals surface area contributed by atoms with Gasteiger partial charge >= 0.3 is 0 Å². The van der Waals surface area contributed by atoms with Gasteiger partial charge in [0.05, 0.1) is 12.0 Å². The molecule has 1 amide bonds. The number of hydrogen-bond acceptors (Lipinski definition) is 5. The Morgan fingerprint density at radius 3 is 2.73 bits per heavy atom. The molecule has 0 fully saturated rings. The number of nitro groups is 1. The lowest BCUT2D eigenvalue weighted by Gasteiger charge is -2.08. The third-order valence-corrected chi connectivity index (χ3v) is 3.71. The summed E-state index contributed by atoms with van der Waals surface area (Å²) in [6, 6.07) is 11.3. The Hall–Kier alpha value is -2.97. The van der Waals surface area contributed by atoms with Gasteiger partial charge in [0.15, 0.2) is 5.11 Å². The first kappa shape index (κ1) is 19.4. The molecule has 0 aliphatic rings. The number of thiocarbonyl (C=S) groups is 1. The number of amides is 1. The number of carbonyl (C=O) groups excluding carboxylic acids is 1. The predicted molar refractivity (Wildman–Crippen MR) is 104 cm³/mol. The van der Waals surface area contributed by atoms with Crippen molar-refractivity contribution in [3.05, 3.63) is 69.2 Å². The molecule has 0 radical (unpaired) electrons. The number of nitro benzene ring substituents is 1. The number of benzene rings is 2. The van der Waals surface area contributed by atoms with Gasteiger partial charge < -0.3 is 10.1 Å². The first-order chi connectivity index (χ1) is 12.4. The highest BCUT2D eigenvalue weighted by atomic mass is 35.5. The van der Waals surface area contributed by atoms with Crippen LogP contribution in [0, 0.1) is 10.1 Å². The number of anilines is 1. The fraction of sp³-hybridized carbons (Fsp3) is 0.0588. The van der Waals surface area contributed by atoms with Crippen LogP contribution in [0.3, 0.4) is 0 Å². The van der Waals surface area contributed by atoms with E-state index >= 15 is 0 Å². The van der Waals surface area contributed by atoms with E-state index in [2.05, 4.69) is 10.6 Å². The first-order valence-electron chi connectivity index (χ1n) is 7.27. The average Bonchev–Trinajstić information content (AvgIpc) is 2.61. The lowest BCUT2D eigenvalue weighted by Crippen LogP contribution is -2.32. The van der Waals surface area contributed by atoms with Crippen molar-refractivity contribution in [3.63, 3.8) is 0 Å². The Morgan fingerprint density at radius 1 is 1.31 bits per heavy atom. The van der Waals surface area contributed by atoms with Crippen LogP contribution >= 0.6 is 23.8 Å². The van der Waals surface area contributed by atoms with E-state index in [4.69, 9.17) is 28.6 Å². The average molecular weight is 392 g/mol. The standard InChI is InChI=1S/C17H14ClN3O4S/c1-25-15-5-3-2-4-11(15)6-9-16(22)20-17(26)19-12-7-8-13(18)14(10-12)21(23)24/h2-10H,1H3,(H2,19,20,22,26). The molecule has 0 bridgehead atoms. The zero-order chi connectivity index (χ0) is 19.1. The van der Waals surface area contributed by atoms with E-state index in [0.717, 1.165) is 5.56 Å². The zero-order valence-electron chi connectivity index (χ0n) is 13.6. The SMILES string of the molecule is COc1ccccc1C=CC(=O)NC(=S)Nc1ccc(Cl)c([N+](=O)[O-])c1. The number of halogens is 1. The van der Waals surface area contributed by atoms with Crippen LogP contribution in [-0.4, -0.2) is 23.1 Å². The molecule has 2 rings (SSSR count). The van der Waals surface area contributed by atoms with Gasteiger partial charge in [-0.3, -0.25) is 20.2 Å². The van der Waals surface area contributed by atoms with E-state index in [9.17, 15) is 14.9 Å². The maximum atomic E-state index is 12.0. The Bertz CT molecular complexity index is 886. The van der Waals surface area contributed by atoms with E-state index in [-0.39, 0.29) is 15.8 Å². The molecule has 9 heteroatoms. The van der Waals surface area contributed by atoms with Crippen LogP contribution in [0.2, 0.25) is 5.02 Å². The molecule has 0 saturated heterocycles. The normalized spacial score (nSPS) is 10.4. The van der Waals surface area contributed by atoms with Crippen molar-refractivity contribution in [2.75, 3.05) is 12.4 Å². The summed E-state index contributed by atoms with van der Waals surface area (Å²) in [7, 11) is 1.54. The van der Waals surface area contributed by atoms with Gasteiger partial charge in [0.2, 0.25) is 5.91 Å². The van der Waals surface area contributed by atoms with Crippen molar-refractivity contribution in [2.45, 2.75) is 0 Å². The number of nitrogens with zero attached hydrogens (tertiary/aromatic N) is 1. The molecule has 2 aromatic carbocycles. The molecule has 134 valence electrons. The molecule has 0 aromatic heterocycles. The largest absolute Gasteiger partial charge is 0.496 e. The molecular formula is C17H14ClN3O4S. The summed E-state index contributed by atoms with van der Waals surface area (Å²) in [6.45, 7) is 0. The van der Waals surface area contributed by atoms with Gasteiger partial charge in [-0.1, -0.05) is 29.8 Å². The maximum Gasteiger partial charge on any atom is 0.289 e. The van der Waals surface area contributed by atoms with E-state index in [1.807, 2.05) is 12.1 Å². The van der Waals surface area contributed by atoms with E-state index in [1.54, 1.807) is 18.2 Å². The molecule has 0 aliphatic carbocycles. The summed E-state index contributed by atoms with van der Waals surface area (Å²) in [6.07, 6.45) is 2.89. The Morgan fingerprint density at radius 2 is 2.04 bits per heavy atom. The number of ether oxygens (including phenoxy) is 1. The fourth-order valence-electron chi connectivity index (χ4n) is 2.02. The number of nitrogens with one attached hydrogen (secondary N) is 2. The first-order valence-corrected chi connectivity index (χ1v) is 8.06. The lowest BCUT2D eigenvalue weighted by molar-refractivity contribution is -0.384. The van der Waals surface area contributed by atoms with Crippen molar-refractivity contribution in [3.8, 4) is 5.75 Å². The van der Waals surface area contributed by atoms with Crippen molar-refractivity contribution in [1.29, 1.82) is 0 Å². The van der Waals surface area contributed by atoms with Gasteiger partial charge in [-0.2, -0.15) is 0 Å². The Labute approximate surface area is 159 Å². The van der Waals surface area contributed by atoms with Crippen LogP contribution in [0.15, 0.2) is 48.5 Å². The molecular weight excluding hydrogens is 378 g/mol. The second-order valence-corrected chi connectivity index (χ2v) is 5.76. The summed E-state index contributed by atoms with van der Waals surface area (Å²) in [4.78, 5) is 22.2. The van der Waals surface area contributed by atoms with Crippen LogP contribution in [0.1, 0.15) is 5.56 Å². The minimum absolute atomic E-state index is 0.00343. The molecule has 26 heavy (non-hydrogen) atoms. The number of para-hydroxylation sites is 1. The van der Waals surface area contributed by atoms with Gasteiger partial charge in [0, 0.05) is 23.4 Å². The van der Waals surface area contributed by atoms with Crippen LogP contribution in [0.4, 0.5) is 11.4 Å². The topological polar surface area (TPSA) is 93.5 Å². The van der Waals surface area contributed by atoms with Crippen LogP contribution in [0.25, 0.3) is 6.08 Å². The number of rotatable bonds is 5. The minimum Gasteiger partial charge on any atom is -0.496 e. The summed E-state index contributed by atoms with van der Waals surface area (Å²) in [5, 5.41) is 16.0. The minimum atomic E-state index is -0.606. The summed E-state index contributed by atoms with van der Waals surface area (Å²) >= 11 is 10.8. The summed E-state index contributed by atoms with van der Waals surface area (Å²) in [5.74, 6) is 0.169. The summed E-state index contributed by atoms with van der Waals surface area (Å²) in [5.41, 5.74) is 0.805. The molecule has 0 spiro atoms. The van der Waals surface area contributed by atoms with Gasteiger partial charge in [-0.25, -0.2) is 0 Å². The van der Waals surface area contributed by atoms with Gasteiger partial charge in [-0.15, -0.1) is 0 Å². The third-order valence-electron chi connectivity index (χ3n) is 3.19. The van der Waals surface area contributed by atoms with E-state index in [0.29, 0.717) is 11.4 Å². The van der Waals surface area contributed by atoms with Gasteiger partial charge in [-0.05, 0) is 36.5 Å². The second kappa shape index (κ2) is 8.93. The number of hydrogen-bond donors (Lipinski definition) is 2. The molecule has 2 N–H and O–H groups in total. The van der Waals surface area contributed by atoms with Crippen molar-refractivity contribution < 1.29 is 14.5 Å². The van der Waals surface area contributed by atoms with E-state index < -0.39 is 10.8 Å². The highest BCUT2D eigenvalue weighted by Gasteiger charge is 2.13. The van der Waals surface area contributed by atoms with Crippen molar-refractivity contribution in [2.24, 2.45) is 0 Å². The quantitative estimate of drug-likeness (QED) is 0.348. The predicted octanol–water partition coefficient (Wildman–Crippen LogP) is 3.78. The molecule has 0 saturated carbocycles. The molecule has 0 heterocycles. The number of carbonyl (C=O) groups is 1. The molecule has 0 unspecified atom stereocenters. The van der Waals surface area contributed by atoms with Crippen LogP contribution in [0.5, 0.6) is 5.75 Å². The highest BCUT2D eigenvalue weighted by molar-refractivity contribution is 7.80. The second-order valence-electron chi connectivity index (χ2n) is 4.94. The van der Waals surface area contributed by atoms with Crippen LogP contribution < -0.4 is 15.4 Å². The third kappa shape index (κ3) is 5.27. The summed E-state index contributed by atoms with van der Waals surface area (Å²) < 4.78 is 5.19. The maximum absolute atomic E-state index is 12.0. The highest BCUT2D eigenvalue weighted by Crippen LogP contribution is 2.27. The van der Waals surface area contributed by atoms with Crippen molar-refractivity contribution >= 4 is 52.3 Å². The monoisotopic (exact) mass is 391 g/mol. The Kier molecular flexibility index (Phi) is 6.65. The molecule has 2 aromatic rings. The fourth-order valence-corrected chi connectivity index (χ4v) is 2.42. The Balaban J connectivity index is 1.99. The molecule has 0 aliphatic heterocycles. The number of methoxy groups -OCH3 is 1.